The summed E-state index contributed by atoms with van der Waals surface area (Å²) in [5.41, 5.74) is 3.07. The van der Waals surface area contributed by atoms with Crippen molar-refractivity contribution in [1.82, 2.24) is 15.5 Å². The van der Waals surface area contributed by atoms with Gasteiger partial charge in [0.15, 0.2) is 0 Å². The van der Waals surface area contributed by atoms with E-state index >= 15 is 0 Å². The van der Waals surface area contributed by atoms with Crippen molar-refractivity contribution in [3.05, 3.63) is 36.0 Å². The van der Waals surface area contributed by atoms with Crippen LogP contribution in [0.4, 0.5) is 0 Å². The highest BCUT2D eigenvalue weighted by atomic mass is 16.5. The molecule has 0 aliphatic carbocycles. The molecular formula is C13H17N3O. The maximum Gasteiger partial charge on any atom is 0.128 e. The van der Waals surface area contributed by atoms with E-state index in [2.05, 4.69) is 21.6 Å². The summed E-state index contributed by atoms with van der Waals surface area (Å²) in [7, 11) is 3.62. The van der Waals surface area contributed by atoms with Gasteiger partial charge in [-0.05, 0) is 25.2 Å². The van der Waals surface area contributed by atoms with Crippen molar-refractivity contribution in [2.45, 2.75) is 6.42 Å². The van der Waals surface area contributed by atoms with Gasteiger partial charge in [-0.2, -0.15) is 5.10 Å². The first-order chi connectivity index (χ1) is 8.35. The quantitative estimate of drug-likeness (QED) is 0.825. The van der Waals surface area contributed by atoms with Crippen molar-refractivity contribution in [1.29, 1.82) is 0 Å². The fraction of sp³-hybridized carbons (Fsp3) is 0.308. The van der Waals surface area contributed by atoms with Crippen molar-refractivity contribution in [3.63, 3.8) is 0 Å². The molecule has 0 spiro atoms. The average Bonchev–Trinajstić information content (AvgIpc) is 2.85. The Hall–Kier alpha value is -1.81. The van der Waals surface area contributed by atoms with Crippen molar-refractivity contribution in [2.75, 3.05) is 20.7 Å². The molecule has 17 heavy (non-hydrogen) atoms. The highest BCUT2D eigenvalue weighted by Crippen LogP contribution is 2.28. The lowest BCUT2D eigenvalue weighted by atomic mass is 10.1. The number of nitrogens with zero attached hydrogens (tertiary/aromatic N) is 1. The largest absolute Gasteiger partial charge is 0.496 e. The Labute approximate surface area is 101 Å². The van der Waals surface area contributed by atoms with Crippen LogP contribution in [-0.2, 0) is 6.42 Å². The minimum atomic E-state index is 0.846. The number of methoxy groups -OCH3 is 1. The number of aromatic amines is 1. The molecule has 1 aromatic heterocycles. The lowest BCUT2D eigenvalue weighted by molar-refractivity contribution is 0.416. The number of ether oxygens (including phenoxy) is 1. The SMILES string of the molecule is CNCCc1cc(-c2ccccc2OC)n[nH]1. The summed E-state index contributed by atoms with van der Waals surface area (Å²) in [4.78, 5) is 0. The van der Waals surface area contributed by atoms with E-state index in [1.54, 1.807) is 7.11 Å². The molecule has 0 aliphatic rings. The summed E-state index contributed by atoms with van der Waals surface area (Å²) < 4.78 is 5.32. The van der Waals surface area contributed by atoms with Crippen LogP contribution in [-0.4, -0.2) is 30.9 Å². The molecule has 0 unspecified atom stereocenters. The summed E-state index contributed by atoms with van der Waals surface area (Å²) in [6.45, 7) is 0.938. The summed E-state index contributed by atoms with van der Waals surface area (Å²) >= 11 is 0. The van der Waals surface area contributed by atoms with Gasteiger partial charge in [0.25, 0.3) is 0 Å². The molecule has 0 fully saturated rings. The molecule has 1 aromatic carbocycles. The van der Waals surface area contributed by atoms with E-state index in [0.29, 0.717) is 0 Å². The Morgan fingerprint density at radius 2 is 2.18 bits per heavy atom. The standard InChI is InChI=1S/C13H17N3O/c1-14-8-7-10-9-12(16-15-10)11-5-3-4-6-13(11)17-2/h3-6,9,14H,7-8H2,1-2H3,(H,15,16). The van der Waals surface area contributed by atoms with Crippen LogP contribution >= 0.6 is 0 Å². The van der Waals surface area contributed by atoms with Gasteiger partial charge in [0, 0.05) is 24.2 Å². The van der Waals surface area contributed by atoms with Crippen LogP contribution in [0.25, 0.3) is 11.3 Å². The Morgan fingerprint density at radius 1 is 1.35 bits per heavy atom. The van der Waals surface area contributed by atoms with Crippen LogP contribution in [0.1, 0.15) is 5.69 Å². The molecule has 2 N–H and O–H groups in total. The molecule has 1 heterocycles. The first-order valence-electron chi connectivity index (χ1n) is 5.67. The number of nitrogens with one attached hydrogen (secondary N) is 2. The zero-order valence-corrected chi connectivity index (χ0v) is 10.2. The molecule has 90 valence electrons. The molecule has 0 bridgehead atoms. The summed E-state index contributed by atoms with van der Waals surface area (Å²) in [5.74, 6) is 0.846. The minimum absolute atomic E-state index is 0.846. The van der Waals surface area contributed by atoms with E-state index in [4.69, 9.17) is 4.74 Å². The Morgan fingerprint density at radius 3 is 2.94 bits per heavy atom. The Kier molecular flexibility index (Phi) is 3.77. The van der Waals surface area contributed by atoms with Crippen molar-refractivity contribution in [2.24, 2.45) is 0 Å². The summed E-state index contributed by atoms with van der Waals surface area (Å²) in [5, 5.41) is 10.5. The molecule has 0 radical (unpaired) electrons. The molecule has 0 aliphatic heterocycles. The van der Waals surface area contributed by atoms with E-state index in [9.17, 15) is 0 Å². The van der Waals surface area contributed by atoms with Gasteiger partial charge in [-0.15, -0.1) is 0 Å². The highest BCUT2D eigenvalue weighted by Gasteiger charge is 2.08. The second-order valence-corrected chi connectivity index (χ2v) is 3.83. The molecular weight excluding hydrogens is 214 g/mol. The second-order valence-electron chi connectivity index (χ2n) is 3.83. The van der Waals surface area contributed by atoms with Gasteiger partial charge < -0.3 is 10.1 Å². The van der Waals surface area contributed by atoms with Crippen molar-refractivity contribution >= 4 is 0 Å². The lowest BCUT2D eigenvalue weighted by Crippen LogP contribution is -2.10. The molecule has 2 rings (SSSR count). The number of hydrogen-bond acceptors (Lipinski definition) is 3. The predicted molar refractivity (Wildman–Crippen MR) is 68.2 cm³/mol. The summed E-state index contributed by atoms with van der Waals surface area (Å²) in [6.07, 6.45) is 0.943. The zero-order chi connectivity index (χ0) is 12.1. The van der Waals surface area contributed by atoms with E-state index in [1.165, 1.54) is 0 Å². The Balaban J connectivity index is 2.24. The number of H-pyrrole nitrogens is 1. The van der Waals surface area contributed by atoms with Crippen LogP contribution in [0.5, 0.6) is 5.75 Å². The van der Waals surface area contributed by atoms with Gasteiger partial charge in [-0.25, -0.2) is 0 Å². The number of rotatable bonds is 5. The molecule has 2 aromatic rings. The van der Waals surface area contributed by atoms with Crippen LogP contribution in [0.15, 0.2) is 30.3 Å². The number of hydrogen-bond donors (Lipinski definition) is 2. The minimum Gasteiger partial charge on any atom is -0.496 e. The maximum absolute atomic E-state index is 5.32. The third-order valence-electron chi connectivity index (χ3n) is 2.66. The van der Waals surface area contributed by atoms with Gasteiger partial charge in [0.2, 0.25) is 0 Å². The van der Waals surface area contributed by atoms with Gasteiger partial charge in [0.1, 0.15) is 5.75 Å². The van der Waals surface area contributed by atoms with Crippen LogP contribution in [0.3, 0.4) is 0 Å². The van der Waals surface area contributed by atoms with E-state index in [1.807, 2.05) is 31.3 Å². The Bertz CT molecular complexity index is 479. The van der Waals surface area contributed by atoms with E-state index in [-0.39, 0.29) is 0 Å². The van der Waals surface area contributed by atoms with Crippen LogP contribution in [0.2, 0.25) is 0 Å². The molecule has 0 amide bonds. The van der Waals surface area contributed by atoms with Gasteiger partial charge >= 0.3 is 0 Å². The topological polar surface area (TPSA) is 49.9 Å². The second kappa shape index (κ2) is 5.50. The number of benzene rings is 1. The van der Waals surface area contributed by atoms with Gasteiger partial charge in [-0.3, -0.25) is 5.10 Å². The number of aromatic nitrogens is 2. The van der Waals surface area contributed by atoms with Gasteiger partial charge in [0.05, 0.1) is 12.8 Å². The molecule has 4 heteroatoms. The molecule has 0 atom stereocenters. The number of para-hydroxylation sites is 1. The molecule has 4 nitrogen and oxygen atoms in total. The smallest absolute Gasteiger partial charge is 0.128 e. The van der Waals surface area contributed by atoms with Gasteiger partial charge in [-0.1, -0.05) is 12.1 Å². The van der Waals surface area contributed by atoms with Crippen LogP contribution < -0.4 is 10.1 Å². The zero-order valence-electron chi connectivity index (χ0n) is 10.2. The normalized spacial score (nSPS) is 10.5. The van der Waals surface area contributed by atoms with E-state index in [0.717, 1.165) is 35.7 Å². The maximum atomic E-state index is 5.32. The third-order valence-corrected chi connectivity index (χ3v) is 2.66. The highest BCUT2D eigenvalue weighted by molar-refractivity contribution is 5.67. The van der Waals surface area contributed by atoms with Crippen molar-refractivity contribution < 1.29 is 4.74 Å². The van der Waals surface area contributed by atoms with Crippen molar-refractivity contribution in [3.8, 4) is 17.0 Å². The average molecular weight is 231 g/mol. The van der Waals surface area contributed by atoms with E-state index < -0.39 is 0 Å². The molecule has 0 saturated heterocycles. The predicted octanol–water partition coefficient (Wildman–Crippen LogP) is 1.85. The fourth-order valence-corrected chi connectivity index (χ4v) is 1.74. The lowest BCUT2D eigenvalue weighted by Gasteiger charge is -2.04. The third kappa shape index (κ3) is 2.65. The fourth-order valence-electron chi connectivity index (χ4n) is 1.74. The first-order valence-corrected chi connectivity index (χ1v) is 5.67. The molecule has 0 saturated carbocycles. The monoisotopic (exact) mass is 231 g/mol. The summed E-state index contributed by atoms with van der Waals surface area (Å²) in [6, 6.07) is 9.96. The van der Waals surface area contributed by atoms with Crippen LogP contribution in [0, 0.1) is 0 Å². The first kappa shape index (κ1) is 11.7. The number of likely N-dealkylation sites (N-methyl/N-ethyl adjacent to an activating group) is 1.